The number of para-hydroxylation sites is 1. The number of carboxylic acid groups (broad SMARTS) is 1. The molecule has 0 radical (unpaired) electrons. The van der Waals surface area contributed by atoms with E-state index in [2.05, 4.69) is 14.9 Å². The van der Waals surface area contributed by atoms with Crippen molar-refractivity contribution in [3.63, 3.8) is 0 Å². The summed E-state index contributed by atoms with van der Waals surface area (Å²) in [5, 5.41) is 9.89. The highest BCUT2D eigenvalue weighted by Crippen LogP contribution is 2.28. The predicted octanol–water partition coefficient (Wildman–Crippen LogP) is 1.93. The molecule has 1 unspecified atom stereocenters. The second kappa shape index (κ2) is 4.84. The number of nitrogens with zero attached hydrogens (tertiary/aromatic N) is 3. The first-order chi connectivity index (χ1) is 9.24. The van der Waals surface area contributed by atoms with Gasteiger partial charge in [-0.2, -0.15) is 0 Å². The third-order valence-electron chi connectivity index (χ3n) is 3.57. The number of carbonyl (C=O) groups is 1. The van der Waals surface area contributed by atoms with Crippen molar-refractivity contribution in [3.8, 4) is 0 Å². The molecular formula is C14H15N3O2. The lowest BCUT2D eigenvalue weighted by Crippen LogP contribution is -2.22. The number of rotatable bonds is 3. The van der Waals surface area contributed by atoms with Gasteiger partial charge in [0.2, 0.25) is 0 Å². The van der Waals surface area contributed by atoms with Crippen molar-refractivity contribution in [2.75, 3.05) is 18.0 Å². The van der Waals surface area contributed by atoms with Crippen LogP contribution in [0.25, 0.3) is 10.9 Å². The van der Waals surface area contributed by atoms with Crippen molar-refractivity contribution >= 4 is 22.7 Å². The average Bonchev–Trinajstić information content (AvgIpc) is 2.85. The van der Waals surface area contributed by atoms with E-state index in [1.165, 1.54) is 0 Å². The Balaban J connectivity index is 1.87. The molecule has 1 aliphatic heterocycles. The summed E-state index contributed by atoms with van der Waals surface area (Å²) in [4.78, 5) is 21.5. The van der Waals surface area contributed by atoms with Crippen LogP contribution in [-0.2, 0) is 4.79 Å². The molecule has 1 aromatic heterocycles. The first-order valence-electron chi connectivity index (χ1n) is 6.40. The Hall–Kier alpha value is -2.17. The minimum Gasteiger partial charge on any atom is -0.481 e. The van der Waals surface area contributed by atoms with Crippen molar-refractivity contribution in [1.29, 1.82) is 0 Å². The zero-order valence-corrected chi connectivity index (χ0v) is 10.5. The third kappa shape index (κ3) is 2.36. The molecule has 1 aliphatic rings. The van der Waals surface area contributed by atoms with Gasteiger partial charge in [0, 0.05) is 24.9 Å². The molecule has 1 saturated heterocycles. The van der Waals surface area contributed by atoms with Crippen LogP contribution in [0, 0.1) is 5.92 Å². The number of aromatic nitrogens is 2. The van der Waals surface area contributed by atoms with Crippen LogP contribution in [0.2, 0.25) is 0 Å². The second-order valence-corrected chi connectivity index (χ2v) is 4.91. The summed E-state index contributed by atoms with van der Waals surface area (Å²) in [5.41, 5.74) is 0.925. The monoisotopic (exact) mass is 257 g/mol. The van der Waals surface area contributed by atoms with Crippen LogP contribution in [0.1, 0.15) is 12.8 Å². The molecule has 19 heavy (non-hydrogen) atoms. The number of fused-ring (bicyclic) bond motifs is 1. The lowest BCUT2D eigenvalue weighted by atomic mass is 10.1. The van der Waals surface area contributed by atoms with Crippen LogP contribution in [-0.4, -0.2) is 34.1 Å². The minimum absolute atomic E-state index is 0.214. The first-order valence-corrected chi connectivity index (χ1v) is 6.40. The lowest BCUT2D eigenvalue weighted by molar-refractivity contribution is -0.137. The largest absolute Gasteiger partial charge is 0.481 e. The van der Waals surface area contributed by atoms with Crippen LogP contribution in [0.3, 0.4) is 0 Å². The summed E-state index contributed by atoms with van der Waals surface area (Å²) >= 11 is 0. The standard InChI is InChI=1S/C14H15N3O2/c18-13(19)7-10-5-6-17(8-10)14-11-3-1-2-4-12(11)15-9-16-14/h1-4,9-10H,5-8H2,(H,18,19). The molecule has 1 N–H and O–H groups in total. The van der Waals surface area contributed by atoms with Gasteiger partial charge in [0.05, 0.1) is 5.52 Å². The predicted molar refractivity (Wildman–Crippen MR) is 72.1 cm³/mol. The fourth-order valence-electron chi connectivity index (χ4n) is 2.68. The van der Waals surface area contributed by atoms with Crippen molar-refractivity contribution in [2.24, 2.45) is 5.92 Å². The van der Waals surface area contributed by atoms with E-state index in [4.69, 9.17) is 5.11 Å². The van der Waals surface area contributed by atoms with Crippen LogP contribution < -0.4 is 4.90 Å². The number of aliphatic carboxylic acids is 1. The highest BCUT2D eigenvalue weighted by Gasteiger charge is 2.26. The van der Waals surface area contributed by atoms with Gasteiger partial charge in [0.1, 0.15) is 12.1 Å². The highest BCUT2D eigenvalue weighted by atomic mass is 16.4. The van der Waals surface area contributed by atoms with Crippen LogP contribution >= 0.6 is 0 Å². The molecule has 98 valence electrons. The smallest absolute Gasteiger partial charge is 0.303 e. The van der Waals surface area contributed by atoms with Gasteiger partial charge in [-0.15, -0.1) is 0 Å². The molecule has 2 heterocycles. The molecule has 1 aromatic carbocycles. The van der Waals surface area contributed by atoms with Gasteiger partial charge >= 0.3 is 5.97 Å². The topological polar surface area (TPSA) is 66.3 Å². The Labute approximate surface area is 110 Å². The molecule has 1 fully saturated rings. The molecule has 0 saturated carbocycles. The van der Waals surface area contributed by atoms with E-state index >= 15 is 0 Å². The summed E-state index contributed by atoms with van der Waals surface area (Å²) in [6.45, 7) is 1.62. The lowest BCUT2D eigenvalue weighted by Gasteiger charge is -2.18. The molecule has 0 spiro atoms. The van der Waals surface area contributed by atoms with E-state index in [-0.39, 0.29) is 12.3 Å². The van der Waals surface area contributed by atoms with Gasteiger partial charge in [-0.05, 0) is 24.5 Å². The molecular weight excluding hydrogens is 242 g/mol. The zero-order valence-electron chi connectivity index (χ0n) is 10.5. The van der Waals surface area contributed by atoms with Gasteiger partial charge in [-0.1, -0.05) is 12.1 Å². The number of anilines is 1. The van der Waals surface area contributed by atoms with E-state index in [1.807, 2.05) is 24.3 Å². The molecule has 5 nitrogen and oxygen atoms in total. The first kappa shape index (κ1) is 11.9. The van der Waals surface area contributed by atoms with Gasteiger partial charge in [0.15, 0.2) is 0 Å². The van der Waals surface area contributed by atoms with Gasteiger partial charge < -0.3 is 10.0 Å². The van der Waals surface area contributed by atoms with E-state index in [9.17, 15) is 4.79 Å². The fourth-order valence-corrected chi connectivity index (χ4v) is 2.68. The maximum Gasteiger partial charge on any atom is 0.303 e. The Kier molecular flexibility index (Phi) is 3.03. The maximum atomic E-state index is 10.8. The Morgan fingerprint density at radius 2 is 2.21 bits per heavy atom. The SMILES string of the molecule is O=C(O)CC1CCN(c2ncnc3ccccc23)C1. The van der Waals surface area contributed by atoms with Crippen molar-refractivity contribution in [1.82, 2.24) is 9.97 Å². The summed E-state index contributed by atoms with van der Waals surface area (Å²) in [6, 6.07) is 7.90. The summed E-state index contributed by atoms with van der Waals surface area (Å²) < 4.78 is 0. The van der Waals surface area contributed by atoms with Crippen LogP contribution in [0.5, 0.6) is 0 Å². The summed E-state index contributed by atoms with van der Waals surface area (Å²) in [7, 11) is 0. The van der Waals surface area contributed by atoms with Gasteiger partial charge in [-0.3, -0.25) is 4.79 Å². The normalized spacial score (nSPS) is 18.9. The van der Waals surface area contributed by atoms with Gasteiger partial charge in [0.25, 0.3) is 0 Å². The Morgan fingerprint density at radius 3 is 3.05 bits per heavy atom. The van der Waals surface area contributed by atoms with E-state index in [0.717, 1.165) is 36.2 Å². The highest BCUT2D eigenvalue weighted by molar-refractivity contribution is 5.89. The summed E-state index contributed by atoms with van der Waals surface area (Å²) in [6.07, 6.45) is 2.71. The maximum absolute atomic E-state index is 10.8. The van der Waals surface area contributed by atoms with Crippen molar-refractivity contribution in [3.05, 3.63) is 30.6 Å². The zero-order chi connectivity index (χ0) is 13.2. The van der Waals surface area contributed by atoms with E-state index in [1.54, 1.807) is 6.33 Å². The molecule has 2 aromatic rings. The third-order valence-corrected chi connectivity index (χ3v) is 3.57. The Bertz CT molecular complexity index is 609. The number of hydrogen-bond acceptors (Lipinski definition) is 4. The molecule has 1 atom stereocenters. The molecule has 0 aliphatic carbocycles. The number of hydrogen-bond donors (Lipinski definition) is 1. The summed E-state index contributed by atoms with van der Waals surface area (Å²) in [5.74, 6) is 0.407. The van der Waals surface area contributed by atoms with Crippen LogP contribution in [0.15, 0.2) is 30.6 Å². The number of benzene rings is 1. The minimum atomic E-state index is -0.723. The Morgan fingerprint density at radius 1 is 1.37 bits per heavy atom. The molecule has 0 bridgehead atoms. The van der Waals surface area contributed by atoms with E-state index in [0.29, 0.717) is 0 Å². The van der Waals surface area contributed by atoms with Crippen LogP contribution in [0.4, 0.5) is 5.82 Å². The molecule has 0 amide bonds. The van der Waals surface area contributed by atoms with Crippen molar-refractivity contribution < 1.29 is 9.90 Å². The fraction of sp³-hybridized carbons (Fsp3) is 0.357. The van der Waals surface area contributed by atoms with Gasteiger partial charge in [-0.25, -0.2) is 9.97 Å². The quantitative estimate of drug-likeness (QED) is 0.910. The molecule has 5 heteroatoms. The average molecular weight is 257 g/mol. The van der Waals surface area contributed by atoms with Crippen molar-refractivity contribution in [2.45, 2.75) is 12.8 Å². The second-order valence-electron chi connectivity index (χ2n) is 4.91. The van der Waals surface area contributed by atoms with E-state index < -0.39 is 5.97 Å². The molecule has 3 rings (SSSR count). The number of carboxylic acids is 1.